The lowest BCUT2D eigenvalue weighted by atomic mass is 9.73. The molecule has 102 valence electrons. The Morgan fingerprint density at radius 2 is 1.45 bits per heavy atom. The summed E-state index contributed by atoms with van der Waals surface area (Å²) in [6, 6.07) is 22.7. The summed E-state index contributed by atoms with van der Waals surface area (Å²) in [5.74, 6) is 0. The smallest absolute Gasteiger partial charge is 0.108 e. The predicted molar refractivity (Wildman–Crippen MR) is 82.4 cm³/mol. The topological polar surface area (TPSA) is 35.8 Å². The molecule has 0 saturated heterocycles. The van der Waals surface area contributed by atoms with Crippen molar-refractivity contribution in [3.8, 4) is 6.07 Å². The first-order valence-corrected chi connectivity index (χ1v) is 7.06. The maximum absolute atomic E-state index is 9.90. The van der Waals surface area contributed by atoms with Gasteiger partial charge in [-0.3, -0.25) is 0 Å². The van der Waals surface area contributed by atoms with Gasteiger partial charge in [0.25, 0.3) is 0 Å². The molecule has 2 aromatic carbocycles. The van der Waals surface area contributed by atoms with Crippen molar-refractivity contribution < 1.29 is 0 Å². The second-order valence-corrected chi connectivity index (χ2v) is 4.85. The molecule has 0 fully saturated rings. The quantitative estimate of drug-likeness (QED) is 0.811. The van der Waals surface area contributed by atoms with Gasteiger partial charge in [-0.1, -0.05) is 67.6 Å². The summed E-state index contributed by atoms with van der Waals surface area (Å²) in [6.07, 6.45) is 0.769. The normalized spacial score (nSPS) is 11.0. The molecule has 0 radical (unpaired) electrons. The van der Waals surface area contributed by atoms with Gasteiger partial charge < -0.3 is 5.32 Å². The minimum absolute atomic E-state index is 0.579. The van der Waals surface area contributed by atoms with Crippen molar-refractivity contribution in [1.82, 2.24) is 5.32 Å². The van der Waals surface area contributed by atoms with Crippen LogP contribution < -0.4 is 5.32 Å². The highest BCUT2D eigenvalue weighted by atomic mass is 14.8. The Hall–Kier alpha value is -2.11. The number of benzene rings is 2. The number of rotatable bonds is 6. The van der Waals surface area contributed by atoms with Crippen molar-refractivity contribution in [3.63, 3.8) is 0 Å². The summed E-state index contributed by atoms with van der Waals surface area (Å²) in [4.78, 5) is 0. The molecular formula is C18H20N2. The van der Waals surface area contributed by atoms with Crippen molar-refractivity contribution in [2.45, 2.75) is 18.8 Å². The third-order valence-corrected chi connectivity index (χ3v) is 3.65. The Kier molecular flexibility index (Phi) is 4.92. The third-order valence-electron chi connectivity index (χ3n) is 3.65. The van der Waals surface area contributed by atoms with E-state index < -0.39 is 5.41 Å². The van der Waals surface area contributed by atoms with Gasteiger partial charge in [-0.2, -0.15) is 5.26 Å². The summed E-state index contributed by atoms with van der Waals surface area (Å²) in [7, 11) is 0. The molecule has 0 unspecified atom stereocenters. The van der Waals surface area contributed by atoms with E-state index in [4.69, 9.17) is 0 Å². The van der Waals surface area contributed by atoms with Gasteiger partial charge in [0.05, 0.1) is 6.07 Å². The van der Waals surface area contributed by atoms with Gasteiger partial charge in [0.15, 0.2) is 0 Å². The van der Waals surface area contributed by atoms with E-state index in [-0.39, 0.29) is 0 Å². The number of nitriles is 1. The van der Waals surface area contributed by atoms with Gasteiger partial charge in [0.1, 0.15) is 5.41 Å². The van der Waals surface area contributed by atoms with Crippen LogP contribution in [-0.4, -0.2) is 13.1 Å². The molecule has 20 heavy (non-hydrogen) atoms. The average Bonchev–Trinajstić information content (AvgIpc) is 2.54. The van der Waals surface area contributed by atoms with E-state index in [1.54, 1.807) is 0 Å². The van der Waals surface area contributed by atoms with Gasteiger partial charge in [-0.05, 0) is 30.6 Å². The molecule has 0 amide bonds. The summed E-state index contributed by atoms with van der Waals surface area (Å²) < 4.78 is 0. The number of hydrogen-bond donors (Lipinski definition) is 1. The van der Waals surface area contributed by atoms with Crippen molar-refractivity contribution in [2.75, 3.05) is 13.1 Å². The zero-order valence-electron chi connectivity index (χ0n) is 11.8. The lowest BCUT2D eigenvalue weighted by molar-refractivity contribution is 0.551. The molecule has 2 aromatic rings. The largest absolute Gasteiger partial charge is 0.317 e. The summed E-state index contributed by atoms with van der Waals surface area (Å²) in [6.45, 7) is 3.83. The Morgan fingerprint density at radius 3 is 1.85 bits per heavy atom. The second-order valence-electron chi connectivity index (χ2n) is 4.85. The first-order chi connectivity index (χ1) is 9.83. The van der Waals surface area contributed by atoms with Gasteiger partial charge in [0, 0.05) is 0 Å². The van der Waals surface area contributed by atoms with Crippen molar-refractivity contribution in [2.24, 2.45) is 0 Å². The molecular weight excluding hydrogens is 244 g/mol. The Labute approximate surface area is 121 Å². The Balaban J connectivity index is 2.45. The molecule has 2 nitrogen and oxygen atoms in total. The van der Waals surface area contributed by atoms with Gasteiger partial charge in [-0.25, -0.2) is 0 Å². The Bertz CT molecular complexity index is 515. The number of nitrogens with zero attached hydrogens (tertiary/aromatic N) is 1. The highest BCUT2D eigenvalue weighted by Gasteiger charge is 2.33. The van der Waals surface area contributed by atoms with Crippen molar-refractivity contribution in [1.29, 1.82) is 5.26 Å². The SMILES string of the molecule is CCNCCC(C#N)(c1ccccc1)c1ccccc1. The van der Waals surface area contributed by atoms with Crippen LogP contribution in [-0.2, 0) is 5.41 Å². The van der Waals surface area contributed by atoms with E-state index in [2.05, 4.69) is 18.3 Å². The van der Waals surface area contributed by atoms with E-state index in [9.17, 15) is 5.26 Å². The molecule has 2 rings (SSSR count). The van der Waals surface area contributed by atoms with Crippen LogP contribution in [0.2, 0.25) is 0 Å². The predicted octanol–water partition coefficient (Wildman–Crippen LogP) is 3.50. The van der Waals surface area contributed by atoms with E-state index in [0.29, 0.717) is 0 Å². The average molecular weight is 264 g/mol. The second kappa shape index (κ2) is 6.88. The van der Waals surface area contributed by atoms with Crippen LogP contribution in [0.4, 0.5) is 0 Å². The fourth-order valence-corrected chi connectivity index (χ4v) is 2.54. The highest BCUT2D eigenvalue weighted by molar-refractivity contribution is 5.45. The molecule has 2 heteroatoms. The monoisotopic (exact) mass is 264 g/mol. The molecule has 0 bridgehead atoms. The molecule has 1 N–H and O–H groups in total. The van der Waals surface area contributed by atoms with Crippen molar-refractivity contribution >= 4 is 0 Å². The minimum atomic E-state index is -0.579. The van der Waals surface area contributed by atoms with Gasteiger partial charge in [0.2, 0.25) is 0 Å². The van der Waals surface area contributed by atoms with Crippen LogP contribution in [0.3, 0.4) is 0 Å². The van der Waals surface area contributed by atoms with Crippen LogP contribution in [0.1, 0.15) is 24.5 Å². The molecule has 0 spiro atoms. The molecule has 0 aliphatic rings. The molecule has 0 saturated carbocycles. The molecule has 0 atom stereocenters. The number of nitrogens with one attached hydrogen (secondary N) is 1. The summed E-state index contributed by atoms with van der Waals surface area (Å²) in [5, 5.41) is 13.2. The molecule has 0 aliphatic heterocycles. The maximum atomic E-state index is 9.90. The first-order valence-electron chi connectivity index (χ1n) is 7.06. The minimum Gasteiger partial charge on any atom is -0.317 e. The van der Waals surface area contributed by atoms with Crippen molar-refractivity contribution in [3.05, 3.63) is 71.8 Å². The summed E-state index contributed by atoms with van der Waals surface area (Å²) in [5.41, 5.74) is 1.54. The van der Waals surface area contributed by atoms with E-state index in [1.165, 1.54) is 0 Å². The van der Waals surface area contributed by atoms with Crippen LogP contribution in [0.25, 0.3) is 0 Å². The Morgan fingerprint density at radius 1 is 0.950 bits per heavy atom. The third kappa shape index (κ3) is 2.89. The first kappa shape index (κ1) is 14.3. The van der Waals surface area contributed by atoms with E-state index in [1.807, 2.05) is 60.7 Å². The van der Waals surface area contributed by atoms with Crippen LogP contribution in [0.15, 0.2) is 60.7 Å². The maximum Gasteiger partial charge on any atom is 0.108 e. The molecule has 0 heterocycles. The lowest BCUT2D eigenvalue weighted by Gasteiger charge is -2.28. The van der Waals surface area contributed by atoms with Gasteiger partial charge in [-0.15, -0.1) is 0 Å². The zero-order chi connectivity index (χ0) is 14.3. The molecule has 0 aromatic heterocycles. The number of hydrogen-bond acceptors (Lipinski definition) is 2. The lowest BCUT2D eigenvalue weighted by Crippen LogP contribution is -2.31. The fraction of sp³-hybridized carbons (Fsp3) is 0.278. The highest BCUT2D eigenvalue weighted by Crippen LogP contribution is 2.34. The van der Waals surface area contributed by atoms with E-state index in [0.717, 1.165) is 30.6 Å². The summed E-state index contributed by atoms with van der Waals surface area (Å²) >= 11 is 0. The standard InChI is InChI=1S/C18H20N2/c1-2-20-14-13-18(15-19,16-9-5-3-6-10-16)17-11-7-4-8-12-17/h3-12,20H,2,13-14H2,1H3. The van der Waals surface area contributed by atoms with Crippen LogP contribution >= 0.6 is 0 Å². The fourth-order valence-electron chi connectivity index (χ4n) is 2.54. The van der Waals surface area contributed by atoms with Gasteiger partial charge >= 0.3 is 0 Å². The van der Waals surface area contributed by atoms with E-state index >= 15 is 0 Å². The zero-order valence-corrected chi connectivity index (χ0v) is 11.8. The van der Waals surface area contributed by atoms with Crippen LogP contribution in [0, 0.1) is 11.3 Å². The van der Waals surface area contributed by atoms with Crippen LogP contribution in [0.5, 0.6) is 0 Å². The molecule has 0 aliphatic carbocycles.